The van der Waals surface area contributed by atoms with Crippen molar-refractivity contribution in [2.45, 2.75) is 209 Å². The molecule has 0 aliphatic rings. The average molecular weight is 1450 g/mol. The fourth-order valence-corrected chi connectivity index (χ4v) is 4.62. The quantitative estimate of drug-likeness (QED) is 0.161. The van der Waals surface area contributed by atoms with Crippen molar-refractivity contribution in [1.29, 1.82) is 0 Å². The van der Waals surface area contributed by atoms with Gasteiger partial charge in [0.2, 0.25) is 0 Å². The maximum Gasteiger partial charge on any atom is 0.193 e. The zero-order valence-electron chi connectivity index (χ0n) is 72.1. The summed E-state index contributed by atoms with van der Waals surface area (Å²) in [6.45, 7) is 54.1. The Labute approximate surface area is 648 Å². The predicted molar refractivity (Wildman–Crippen MR) is 479 cm³/mol. The van der Waals surface area contributed by atoms with Crippen LogP contribution < -0.4 is 0 Å². The summed E-state index contributed by atoms with van der Waals surface area (Å²) >= 11 is 0. The molecular weight excluding hydrogens is 1280 g/mol. The van der Waals surface area contributed by atoms with Crippen molar-refractivity contribution in [1.82, 2.24) is 0 Å². The van der Waals surface area contributed by atoms with Crippen molar-refractivity contribution in [3.8, 4) is 0 Å². The molecule has 0 unspecified atom stereocenters. The monoisotopic (exact) mass is 1450 g/mol. The lowest BCUT2D eigenvalue weighted by Gasteiger charge is -1.99. The lowest BCUT2D eigenvalue weighted by molar-refractivity contribution is -0.115. The van der Waals surface area contributed by atoms with Gasteiger partial charge in [-0.05, 0) is 27.7 Å². The highest BCUT2D eigenvalue weighted by Gasteiger charge is 2.07. The van der Waals surface area contributed by atoms with Crippen molar-refractivity contribution in [3.05, 3.63) is 326 Å². The predicted octanol–water partition coefficient (Wildman–Crippen LogP) is 30.1. The number of carbonyl (C=O) groups excluding carboxylic acids is 4. The molecular formula is C96H166O8. The summed E-state index contributed by atoms with van der Waals surface area (Å²) in [4.78, 5) is 42.6. The van der Waals surface area contributed by atoms with Gasteiger partial charge in [-0.25, -0.2) is 0 Å². The Hall–Kier alpha value is -8.50. The van der Waals surface area contributed by atoms with Crippen LogP contribution in [0.1, 0.15) is 241 Å². The van der Waals surface area contributed by atoms with E-state index in [1.807, 2.05) is 469 Å². The zero-order valence-corrected chi connectivity index (χ0v) is 72.1. The van der Waals surface area contributed by atoms with Crippen LogP contribution in [0.4, 0.5) is 0 Å². The summed E-state index contributed by atoms with van der Waals surface area (Å²) in [5, 5.41) is 0. The lowest BCUT2D eigenvalue weighted by atomic mass is 10.0. The Morgan fingerprint density at radius 1 is 0.163 bits per heavy atom. The third-order valence-corrected chi connectivity index (χ3v) is 7.48. The molecule has 0 saturated carbocycles. The second-order valence-corrected chi connectivity index (χ2v) is 15.3. The molecule has 0 heterocycles. The summed E-state index contributed by atoms with van der Waals surface area (Å²) in [5.74, 6) is 0.484. The van der Waals surface area contributed by atoms with Crippen molar-refractivity contribution in [2.24, 2.45) is 0 Å². The topological polar surface area (TPSA) is 105 Å². The van der Waals surface area contributed by atoms with E-state index in [0.29, 0.717) is 0 Å². The van der Waals surface area contributed by atoms with Gasteiger partial charge < -0.3 is 28.5 Å². The first-order valence-corrected chi connectivity index (χ1v) is 36.7. The van der Waals surface area contributed by atoms with E-state index in [0.717, 1.165) is 22.3 Å². The van der Waals surface area contributed by atoms with Crippen molar-refractivity contribution in [3.63, 3.8) is 0 Å². The first-order valence-electron chi connectivity index (χ1n) is 36.7. The van der Waals surface area contributed by atoms with Crippen LogP contribution in [0, 0.1) is 0 Å². The van der Waals surface area contributed by atoms with Crippen LogP contribution in [0.3, 0.4) is 0 Å². The number of carbonyl (C=O) groups is 4. The van der Waals surface area contributed by atoms with Crippen LogP contribution in [-0.4, -0.2) is 80.0 Å². The Morgan fingerprint density at radius 3 is 0.269 bits per heavy atom. The number of Topliss-reactive ketones (excluding diaryl/α,β-unsaturated/α-hetero) is 2. The van der Waals surface area contributed by atoms with Crippen LogP contribution in [0.2, 0.25) is 0 Å². The SMILES string of the molecule is C.C.CC.CC.CC.CC.CC.CC.CC.CC.CC.CC.CC.CC.CC(C)=O.CC(C)=O.COC.COC.COC.COC.O=C(c1ccccc1)c1ccccc1.O=C(c1ccccc1)c1ccccc1.c1ccccc1.c1ccccc1.c1ccccc1.c1ccccc1.c1ccccc1. The number of hydrogen-bond acceptors (Lipinski definition) is 8. The summed E-state index contributed by atoms with van der Waals surface area (Å²) in [5.41, 5.74) is 2.94. The van der Waals surface area contributed by atoms with Gasteiger partial charge in [0.05, 0.1) is 0 Å². The number of hydrogen-bond donors (Lipinski definition) is 0. The van der Waals surface area contributed by atoms with Gasteiger partial charge in [0.25, 0.3) is 0 Å². The zero-order chi connectivity index (χ0) is 82.8. The van der Waals surface area contributed by atoms with Crippen molar-refractivity contribution >= 4 is 23.1 Å². The minimum atomic E-state index is 0. The van der Waals surface area contributed by atoms with Gasteiger partial charge in [0.15, 0.2) is 11.6 Å². The first-order chi connectivity index (χ1) is 49.9. The van der Waals surface area contributed by atoms with E-state index in [4.69, 9.17) is 0 Å². The first kappa shape index (κ1) is 142. The van der Waals surface area contributed by atoms with Gasteiger partial charge in [-0.15, -0.1) is 0 Å². The molecule has 0 aliphatic carbocycles. The van der Waals surface area contributed by atoms with Crippen LogP contribution in [0.15, 0.2) is 303 Å². The lowest BCUT2D eigenvalue weighted by Crippen LogP contribution is -1.99. The highest BCUT2D eigenvalue weighted by molar-refractivity contribution is 6.09. The van der Waals surface area contributed by atoms with E-state index in [2.05, 4.69) is 18.9 Å². The third-order valence-electron chi connectivity index (χ3n) is 7.48. The molecule has 598 valence electrons. The van der Waals surface area contributed by atoms with Gasteiger partial charge in [-0.2, -0.15) is 0 Å². The van der Waals surface area contributed by atoms with E-state index in [1.165, 1.54) is 27.7 Å². The molecule has 0 aliphatic heterocycles. The summed E-state index contributed by atoms with van der Waals surface area (Å²) in [6, 6.07) is 97.2. The maximum absolute atomic E-state index is 11.8. The van der Waals surface area contributed by atoms with Crippen molar-refractivity contribution < 1.29 is 38.1 Å². The molecule has 0 spiro atoms. The second-order valence-electron chi connectivity index (χ2n) is 15.3. The molecule has 9 aromatic carbocycles. The molecule has 0 N–H and O–H groups in total. The van der Waals surface area contributed by atoms with E-state index in [1.54, 1.807) is 56.9 Å². The molecule has 9 rings (SSSR count). The van der Waals surface area contributed by atoms with Gasteiger partial charge in [0, 0.05) is 79.1 Å². The number of benzene rings is 9. The second kappa shape index (κ2) is 171. The van der Waals surface area contributed by atoms with Crippen LogP contribution in [0.5, 0.6) is 0 Å². The highest BCUT2D eigenvalue weighted by Crippen LogP contribution is 2.09. The van der Waals surface area contributed by atoms with E-state index in [-0.39, 0.29) is 38.0 Å². The normalized spacial score (nSPS) is 6.81. The summed E-state index contributed by atoms with van der Waals surface area (Å²) in [6.07, 6.45) is 0. The minimum absolute atomic E-state index is 0. The summed E-state index contributed by atoms with van der Waals surface area (Å²) in [7, 11) is 13.0. The molecule has 0 bridgehead atoms. The molecule has 9 aromatic rings. The molecule has 104 heavy (non-hydrogen) atoms. The van der Waals surface area contributed by atoms with Crippen LogP contribution >= 0.6 is 0 Å². The molecule has 0 radical (unpaired) electrons. The molecule has 8 nitrogen and oxygen atoms in total. The minimum Gasteiger partial charge on any atom is -0.388 e. The van der Waals surface area contributed by atoms with Crippen molar-refractivity contribution in [2.75, 3.05) is 56.9 Å². The largest absolute Gasteiger partial charge is 0.388 e. The van der Waals surface area contributed by atoms with Gasteiger partial charge in [-0.1, -0.05) is 484 Å². The third kappa shape index (κ3) is 166. The van der Waals surface area contributed by atoms with E-state index < -0.39 is 0 Å². The number of rotatable bonds is 4. The van der Waals surface area contributed by atoms with Gasteiger partial charge in [-0.3, -0.25) is 9.59 Å². The fourth-order valence-electron chi connectivity index (χ4n) is 4.62. The molecule has 0 fully saturated rings. The van der Waals surface area contributed by atoms with Crippen LogP contribution in [-0.2, 0) is 28.5 Å². The molecule has 0 amide bonds. The van der Waals surface area contributed by atoms with Gasteiger partial charge >= 0.3 is 0 Å². The molecule has 0 aromatic heterocycles. The molecule has 0 saturated heterocycles. The smallest absolute Gasteiger partial charge is 0.193 e. The Balaban J connectivity index is -0.0000000482. The van der Waals surface area contributed by atoms with E-state index >= 15 is 0 Å². The Morgan fingerprint density at radius 2 is 0.212 bits per heavy atom. The number of ketones is 4. The van der Waals surface area contributed by atoms with Gasteiger partial charge in [0.1, 0.15) is 11.6 Å². The number of ether oxygens (including phenoxy) is 4. The summed E-state index contributed by atoms with van der Waals surface area (Å²) < 4.78 is 17.0. The Kier molecular flexibility index (Phi) is 234. The number of methoxy groups -OCH3 is 4. The van der Waals surface area contributed by atoms with Crippen LogP contribution in [0.25, 0.3) is 0 Å². The molecule has 0 atom stereocenters. The van der Waals surface area contributed by atoms with E-state index in [9.17, 15) is 19.2 Å². The fraction of sp³-hybridized carbons (Fsp3) is 0.396. The average Bonchev–Trinajstić information content (AvgIpc) is 0.896. The standard InChI is InChI=1S/2C13H10O.5C6H6.2C3H6O.4C2H6O.12C2H6.2CH4/c2*14-13(11-7-3-1-4-8-11)12-9-5-2-6-10-12;5*1-2-4-6-5-3-1;2*1-3(2)4;4*1-3-2;12*1-2;;/h2*1-10H;5*1-6H;2*1-2H3;4*1-2H3;12*1-2H3;2*1H4. The Bertz CT molecular complexity index is 1990. The molecule has 8 heteroatoms. The highest BCUT2D eigenvalue weighted by atomic mass is 16.5. The maximum atomic E-state index is 11.8.